The van der Waals surface area contributed by atoms with Crippen molar-refractivity contribution in [3.63, 3.8) is 0 Å². The standard InChI is InChI=1S/C16H15F4N/c1-2-6-21-16(10-4-3-5-12(17)7-10)11-8-13(18)15(20)14(19)9-11/h3-5,7-9,16,21H,2,6H2,1H3. The first kappa shape index (κ1) is 15.5. The van der Waals surface area contributed by atoms with E-state index in [0.717, 1.165) is 18.6 Å². The van der Waals surface area contributed by atoms with Crippen LogP contribution in [0.3, 0.4) is 0 Å². The molecule has 0 saturated carbocycles. The molecule has 1 nitrogen and oxygen atoms in total. The molecular formula is C16H15F4N. The smallest absolute Gasteiger partial charge is 0.194 e. The highest BCUT2D eigenvalue weighted by Crippen LogP contribution is 2.25. The molecule has 0 bridgehead atoms. The summed E-state index contributed by atoms with van der Waals surface area (Å²) in [6, 6.07) is 6.98. The fraction of sp³-hybridized carbons (Fsp3) is 0.250. The first-order chi connectivity index (χ1) is 10.0. The average Bonchev–Trinajstić information content (AvgIpc) is 2.45. The van der Waals surface area contributed by atoms with Crippen LogP contribution in [0.4, 0.5) is 17.6 Å². The van der Waals surface area contributed by atoms with Crippen molar-refractivity contribution < 1.29 is 17.6 Å². The van der Waals surface area contributed by atoms with E-state index < -0.39 is 29.3 Å². The van der Waals surface area contributed by atoms with Crippen molar-refractivity contribution in [2.75, 3.05) is 6.54 Å². The number of hydrogen-bond acceptors (Lipinski definition) is 1. The van der Waals surface area contributed by atoms with Crippen molar-refractivity contribution in [2.45, 2.75) is 19.4 Å². The summed E-state index contributed by atoms with van der Waals surface area (Å²) in [5.74, 6) is -4.47. The third kappa shape index (κ3) is 3.61. The van der Waals surface area contributed by atoms with Gasteiger partial charge in [0.05, 0.1) is 6.04 Å². The Morgan fingerprint density at radius 3 is 2.19 bits per heavy atom. The van der Waals surface area contributed by atoms with Gasteiger partial charge < -0.3 is 5.32 Å². The Morgan fingerprint density at radius 2 is 1.62 bits per heavy atom. The van der Waals surface area contributed by atoms with Crippen molar-refractivity contribution in [3.05, 3.63) is 70.8 Å². The van der Waals surface area contributed by atoms with Gasteiger partial charge >= 0.3 is 0 Å². The normalized spacial score (nSPS) is 12.4. The molecule has 1 N–H and O–H groups in total. The van der Waals surface area contributed by atoms with E-state index in [2.05, 4.69) is 5.32 Å². The fourth-order valence-electron chi connectivity index (χ4n) is 2.14. The van der Waals surface area contributed by atoms with Gasteiger partial charge in [-0.1, -0.05) is 19.1 Å². The van der Waals surface area contributed by atoms with Crippen LogP contribution >= 0.6 is 0 Å². The molecule has 0 fully saturated rings. The molecule has 0 spiro atoms. The van der Waals surface area contributed by atoms with Gasteiger partial charge in [0.1, 0.15) is 5.82 Å². The average molecular weight is 297 g/mol. The highest BCUT2D eigenvalue weighted by Gasteiger charge is 2.19. The number of benzene rings is 2. The zero-order valence-electron chi connectivity index (χ0n) is 11.5. The van der Waals surface area contributed by atoms with Gasteiger partial charge in [0.15, 0.2) is 17.5 Å². The van der Waals surface area contributed by atoms with E-state index in [1.54, 1.807) is 6.07 Å². The molecule has 2 aromatic carbocycles. The zero-order chi connectivity index (χ0) is 15.4. The van der Waals surface area contributed by atoms with Crippen molar-refractivity contribution >= 4 is 0 Å². The molecule has 0 heterocycles. The maximum Gasteiger partial charge on any atom is 0.194 e. The predicted molar refractivity (Wildman–Crippen MR) is 72.9 cm³/mol. The molecule has 5 heteroatoms. The van der Waals surface area contributed by atoms with Crippen LogP contribution in [-0.4, -0.2) is 6.54 Å². The van der Waals surface area contributed by atoms with Crippen LogP contribution in [0.2, 0.25) is 0 Å². The van der Waals surface area contributed by atoms with Crippen molar-refractivity contribution in [1.82, 2.24) is 5.32 Å². The number of hydrogen-bond donors (Lipinski definition) is 1. The molecule has 1 atom stereocenters. The first-order valence-electron chi connectivity index (χ1n) is 6.66. The lowest BCUT2D eigenvalue weighted by Gasteiger charge is -2.20. The van der Waals surface area contributed by atoms with E-state index in [-0.39, 0.29) is 5.56 Å². The third-order valence-electron chi connectivity index (χ3n) is 3.12. The van der Waals surface area contributed by atoms with Crippen LogP contribution in [0.15, 0.2) is 36.4 Å². The lowest BCUT2D eigenvalue weighted by molar-refractivity contribution is 0.442. The summed E-state index contributed by atoms with van der Waals surface area (Å²) in [5, 5.41) is 3.08. The Kier molecular flexibility index (Phi) is 4.96. The van der Waals surface area contributed by atoms with E-state index >= 15 is 0 Å². The summed E-state index contributed by atoms with van der Waals surface area (Å²) in [6.45, 7) is 2.50. The molecule has 2 rings (SSSR count). The van der Waals surface area contributed by atoms with Crippen LogP contribution in [-0.2, 0) is 0 Å². The van der Waals surface area contributed by atoms with Crippen LogP contribution in [0.25, 0.3) is 0 Å². The van der Waals surface area contributed by atoms with Gasteiger partial charge in [-0.2, -0.15) is 0 Å². The van der Waals surface area contributed by atoms with Crippen molar-refractivity contribution in [3.8, 4) is 0 Å². The monoisotopic (exact) mass is 297 g/mol. The Bertz CT molecular complexity index is 604. The minimum Gasteiger partial charge on any atom is -0.306 e. The molecule has 21 heavy (non-hydrogen) atoms. The van der Waals surface area contributed by atoms with Crippen molar-refractivity contribution in [2.24, 2.45) is 0 Å². The first-order valence-corrected chi connectivity index (χ1v) is 6.66. The van der Waals surface area contributed by atoms with E-state index in [1.807, 2.05) is 6.92 Å². The second-order valence-electron chi connectivity index (χ2n) is 4.74. The third-order valence-corrected chi connectivity index (χ3v) is 3.12. The molecule has 0 saturated heterocycles. The second-order valence-corrected chi connectivity index (χ2v) is 4.74. The molecule has 0 radical (unpaired) electrons. The minimum atomic E-state index is -1.51. The lowest BCUT2D eigenvalue weighted by Crippen LogP contribution is -2.23. The molecule has 0 amide bonds. The van der Waals surface area contributed by atoms with Crippen molar-refractivity contribution in [1.29, 1.82) is 0 Å². The van der Waals surface area contributed by atoms with Gasteiger partial charge in [0, 0.05) is 0 Å². The molecule has 0 aliphatic carbocycles. The number of nitrogens with one attached hydrogen (secondary N) is 1. The molecule has 2 aromatic rings. The zero-order valence-corrected chi connectivity index (χ0v) is 11.5. The van der Waals surface area contributed by atoms with Gasteiger partial charge in [-0.05, 0) is 48.4 Å². The summed E-state index contributed by atoms with van der Waals surface area (Å²) >= 11 is 0. The SMILES string of the molecule is CCCNC(c1cccc(F)c1)c1cc(F)c(F)c(F)c1. The summed E-state index contributed by atoms with van der Waals surface area (Å²) in [4.78, 5) is 0. The molecule has 0 aliphatic heterocycles. The van der Waals surface area contributed by atoms with Crippen LogP contribution in [0.5, 0.6) is 0 Å². The summed E-state index contributed by atoms with van der Waals surface area (Å²) in [5.41, 5.74) is 0.735. The van der Waals surface area contributed by atoms with Crippen LogP contribution in [0, 0.1) is 23.3 Å². The maximum atomic E-state index is 13.4. The maximum absolute atomic E-state index is 13.4. The van der Waals surface area contributed by atoms with E-state index in [1.165, 1.54) is 18.2 Å². The largest absolute Gasteiger partial charge is 0.306 e. The number of rotatable bonds is 5. The summed E-state index contributed by atoms with van der Waals surface area (Å²) in [6.07, 6.45) is 0.790. The number of halogens is 4. The van der Waals surface area contributed by atoms with Gasteiger partial charge in [0.2, 0.25) is 0 Å². The highest BCUT2D eigenvalue weighted by molar-refractivity contribution is 5.33. The summed E-state index contributed by atoms with van der Waals surface area (Å²) < 4.78 is 53.2. The van der Waals surface area contributed by atoms with E-state index in [0.29, 0.717) is 12.1 Å². The molecule has 0 aliphatic rings. The Morgan fingerprint density at radius 1 is 0.952 bits per heavy atom. The van der Waals surface area contributed by atoms with E-state index in [4.69, 9.17) is 0 Å². The van der Waals surface area contributed by atoms with E-state index in [9.17, 15) is 17.6 Å². The predicted octanol–water partition coefficient (Wildman–Crippen LogP) is 4.33. The summed E-state index contributed by atoms with van der Waals surface area (Å²) in [7, 11) is 0. The quantitative estimate of drug-likeness (QED) is 0.640. The lowest BCUT2D eigenvalue weighted by atomic mass is 9.98. The Labute approximate surface area is 120 Å². The van der Waals surface area contributed by atoms with Gasteiger partial charge in [-0.3, -0.25) is 0 Å². The van der Waals surface area contributed by atoms with Crippen LogP contribution < -0.4 is 5.32 Å². The Balaban J connectivity index is 2.45. The molecule has 0 aromatic heterocycles. The van der Waals surface area contributed by atoms with Gasteiger partial charge in [-0.15, -0.1) is 0 Å². The molecule has 112 valence electrons. The van der Waals surface area contributed by atoms with Gasteiger partial charge in [-0.25, -0.2) is 17.6 Å². The molecule has 1 unspecified atom stereocenters. The highest BCUT2D eigenvalue weighted by atomic mass is 19.2. The van der Waals surface area contributed by atoms with Gasteiger partial charge in [0.25, 0.3) is 0 Å². The fourth-order valence-corrected chi connectivity index (χ4v) is 2.14. The van der Waals surface area contributed by atoms with Crippen LogP contribution in [0.1, 0.15) is 30.5 Å². The topological polar surface area (TPSA) is 12.0 Å². The second kappa shape index (κ2) is 6.72. The Hall–Kier alpha value is -1.88. The minimum absolute atomic E-state index is 0.213. The molecular weight excluding hydrogens is 282 g/mol.